The lowest BCUT2D eigenvalue weighted by Gasteiger charge is -2.06. The predicted octanol–water partition coefficient (Wildman–Crippen LogP) is 5.04. The van der Waals surface area contributed by atoms with Crippen molar-refractivity contribution in [3.8, 4) is 16.2 Å². The van der Waals surface area contributed by atoms with Gasteiger partial charge in [0.1, 0.15) is 5.75 Å². The van der Waals surface area contributed by atoms with E-state index in [0.29, 0.717) is 26.6 Å². The van der Waals surface area contributed by atoms with Gasteiger partial charge in [-0.05, 0) is 48.9 Å². The van der Waals surface area contributed by atoms with Crippen LogP contribution in [0.4, 0.5) is 8.78 Å². The Morgan fingerprint density at radius 1 is 1.07 bits per heavy atom. The van der Waals surface area contributed by atoms with Crippen LogP contribution in [0, 0.1) is 11.6 Å². The zero-order chi connectivity index (χ0) is 21.0. The molecule has 150 valence electrons. The number of esters is 1. The Kier molecular flexibility index (Phi) is 6.39. The molecule has 0 radical (unpaired) electrons. The number of ether oxygens (including phenoxy) is 2. The van der Waals surface area contributed by atoms with Crippen LogP contribution >= 0.6 is 11.3 Å². The molecule has 29 heavy (non-hydrogen) atoms. The first-order valence-electron chi connectivity index (χ1n) is 8.86. The van der Waals surface area contributed by atoms with Crippen molar-refractivity contribution in [2.45, 2.75) is 13.3 Å². The van der Waals surface area contributed by atoms with Crippen molar-refractivity contribution in [2.75, 3.05) is 13.7 Å². The number of methoxy groups -OCH3 is 1. The molecule has 0 unspecified atom stereocenters. The van der Waals surface area contributed by atoms with Crippen LogP contribution in [0.25, 0.3) is 10.4 Å². The molecule has 0 atom stereocenters. The number of ketones is 1. The van der Waals surface area contributed by atoms with Crippen molar-refractivity contribution >= 4 is 23.1 Å². The van der Waals surface area contributed by atoms with Crippen LogP contribution in [0.1, 0.15) is 27.7 Å². The van der Waals surface area contributed by atoms with Crippen LogP contribution in [-0.2, 0) is 16.0 Å². The molecular weight excluding hydrogens is 398 g/mol. The van der Waals surface area contributed by atoms with Crippen molar-refractivity contribution in [3.05, 3.63) is 76.2 Å². The number of hydrogen-bond donors (Lipinski definition) is 0. The topological polar surface area (TPSA) is 52.6 Å². The number of hydrogen-bond acceptors (Lipinski definition) is 5. The monoisotopic (exact) mass is 416 g/mol. The van der Waals surface area contributed by atoms with E-state index in [9.17, 15) is 18.4 Å². The Balaban J connectivity index is 2.04. The van der Waals surface area contributed by atoms with Crippen LogP contribution in [0.3, 0.4) is 0 Å². The summed E-state index contributed by atoms with van der Waals surface area (Å²) < 4.78 is 38.2. The molecule has 3 rings (SSSR count). The first-order valence-corrected chi connectivity index (χ1v) is 9.67. The van der Waals surface area contributed by atoms with Crippen LogP contribution in [0.15, 0.2) is 48.5 Å². The molecule has 0 N–H and O–H groups in total. The van der Waals surface area contributed by atoms with Crippen LogP contribution in [0.5, 0.6) is 5.75 Å². The molecule has 7 heteroatoms. The number of benzene rings is 2. The van der Waals surface area contributed by atoms with Gasteiger partial charge < -0.3 is 9.47 Å². The van der Waals surface area contributed by atoms with Gasteiger partial charge in [-0.25, -0.2) is 8.78 Å². The molecule has 0 spiro atoms. The van der Waals surface area contributed by atoms with Gasteiger partial charge in [-0.15, -0.1) is 11.3 Å². The number of halogens is 2. The van der Waals surface area contributed by atoms with Gasteiger partial charge in [-0.2, -0.15) is 0 Å². The van der Waals surface area contributed by atoms with Crippen molar-refractivity contribution in [2.24, 2.45) is 0 Å². The van der Waals surface area contributed by atoms with Crippen molar-refractivity contribution < 1.29 is 27.8 Å². The average Bonchev–Trinajstić information content (AvgIpc) is 3.13. The molecule has 4 nitrogen and oxygen atoms in total. The molecule has 0 saturated heterocycles. The maximum absolute atomic E-state index is 14.4. The summed E-state index contributed by atoms with van der Waals surface area (Å²) in [6, 6.07) is 11.9. The second kappa shape index (κ2) is 8.96. The third kappa shape index (κ3) is 4.51. The number of thiophene rings is 1. The van der Waals surface area contributed by atoms with Crippen molar-refractivity contribution in [1.82, 2.24) is 0 Å². The van der Waals surface area contributed by atoms with Gasteiger partial charge in [0.25, 0.3) is 0 Å². The average molecular weight is 416 g/mol. The molecule has 0 aliphatic carbocycles. The number of rotatable bonds is 7. The fourth-order valence-corrected chi connectivity index (χ4v) is 3.99. The Morgan fingerprint density at radius 2 is 1.79 bits per heavy atom. The van der Waals surface area contributed by atoms with Crippen LogP contribution < -0.4 is 4.74 Å². The summed E-state index contributed by atoms with van der Waals surface area (Å²) in [5, 5.41) is 0. The third-order valence-electron chi connectivity index (χ3n) is 4.22. The summed E-state index contributed by atoms with van der Waals surface area (Å²) in [4.78, 5) is 25.5. The maximum Gasteiger partial charge on any atom is 0.310 e. The van der Waals surface area contributed by atoms with E-state index >= 15 is 0 Å². The van der Waals surface area contributed by atoms with E-state index in [1.165, 1.54) is 25.3 Å². The molecule has 2 aromatic carbocycles. The van der Waals surface area contributed by atoms with Gasteiger partial charge in [0.05, 0.1) is 25.0 Å². The summed E-state index contributed by atoms with van der Waals surface area (Å²) in [6.45, 7) is 1.88. The lowest BCUT2D eigenvalue weighted by Crippen LogP contribution is -2.07. The number of carbonyl (C=O) groups excluding carboxylic acids is 2. The maximum atomic E-state index is 14.4. The molecule has 0 amide bonds. The van der Waals surface area contributed by atoms with E-state index in [4.69, 9.17) is 9.47 Å². The van der Waals surface area contributed by atoms with Gasteiger partial charge in [-0.3, -0.25) is 9.59 Å². The van der Waals surface area contributed by atoms with E-state index in [2.05, 4.69) is 0 Å². The minimum Gasteiger partial charge on any atom is -0.497 e. The van der Waals surface area contributed by atoms with E-state index in [1.807, 2.05) is 0 Å². The van der Waals surface area contributed by atoms with Crippen molar-refractivity contribution in [3.63, 3.8) is 0 Å². The summed E-state index contributed by atoms with van der Waals surface area (Å²) in [5.74, 6) is -2.21. The zero-order valence-electron chi connectivity index (χ0n) is 15.8. The van der Waals surface area contributed by atoms with Crippen LogP contribution in [-0.4, -0.2) is 25.5 Å². The highest BCUT2D eigenvalue weighted by atomic mass is 32.1. The molecular formula is C22H18F2O4S. The Bertz CT molecular complexity index is 1040. The standard InChI is InChI=1S/C22H18F2O4S/c1-3-28-19(25)12-14-11-18(21(26)13-7-9-15(27-2)10-8-13)29-22(14)16-5-4-6-17(23)20(16)24/h4-11H,3,12H2,1-2H3. The SMILES string of the molecule is CCOC(=O)Cc1cc(C(=O)c2ccc(OC)cc2)sc1-c1cccc(F)c1F. The zero-order valence-corrected chi connectivity index (χ0v) is 16.6. The minimum atomic E-state index is -1.03. The molecule has 0 aliphatic heterocycles. The largest absolute Gasteiger partial charge is 0.497 e. The van der Waals surface area contributed by atoms with Crippen molar-refractivity contribution in [1.29, 1.82) is 0 Å². The highest BCUT2D eigenvalue weighted by molar-refractivity contribution is 7.17. The number of carbonyl (C=O) groups is 2. The Labute approximate surface area is 170 Å². The second-order valence-corrected chi connectivity index (χ2v) is 7.16. The highest BCUT2D eigenvalue weighted by Crippen LogP contribution is 2.36. The molecule has 0 saturated carbocycles. The summed E-state index contributed by atoms with van der Waals surface area (Å²) in [7, 11) is 1.53. The first kappa shape index (κ1) is 20.7. The van der Waals surface area contributed by atoms with Gasteiger partial charge in [0, 0.05) is 16.0 Å². The van der Waals surface area contributed by atoms with Gasteiger partial charge >= 0.3 is 5.97 Å². The molecule has 0 aliphatic rings. The smallest absolute Gasteiger partial charge is 0.310 e. The lowest BCUT2D eigenvalue weighted by atomic mass is 10.0. The van der Waals surface area contributed by atoms with E-state index in [-0.39, 0.29) is 24.4 Å². The minimum absolute atomic E-state index is 0.00285. The highest BCUT2D eigenvalue weighted by Gasteiger charge is 2.22. The van der Waals surface area contributed by atoms with E-state index in [0.717, 1.165) is 17.4 Å². The first-order chi connectivity index (χ1) is 13.9. The van der Waals surface area contributed by atoms with E-state index < -0.39 is 17.6 Å². The van der Waals surface area contributed by atoms with Gasteiger partial charge in [-0.1, -0.05) is 12.1 Å². The van der Waals surface area contributed by atoms with E-state index in [1.54, 1.807) is 31.2 Å². The second-order valence-electron chi connectivity index (χ2n) is 6.11. The summed E-state index contributed by atoms with van der Waals surface area (Å²) >= 11 is 1.01. The summed E-state index contributed by atoms with van der Waals surface area (Å²) in [5.41, 5.74) is 0.832. The molecule has 1 aromatic heterocycles. The molecule has 0 bridgehead atoms. The molecule has 1 heterocycles. The fraction of sp³-hybridized carbons (Fsp3) is 0.182. The van der Waals surface area contributed by atoms with Gasteiger partial charge in [0.2, 0.25) is 5.78 Å². The fourth-order valence-electron chi connectivity index (χ4n) is 2.83. The molecule has 3 aromatic rings. The lowest BCUT2D eigenvalue weighted by molar-refractivity contribution is -0.142. The van der Waals surface area contributed by atoms with Gasteiger partial charge in [0.15, 0.2) is 11.6 Å². The Morgan fingerprint density at radius 3 is 2.45 bits per heavy atom. The summed E-state index contributed by atoms with van der Waals surface area (Å²) in [6.07, 6.45) is -0.147. The Hall–Kier alpha value is -3.06. The predicted molar refractivity (Wildman–Crippen MR) is 106 cm³/mol. The third-order valence-corrected chi connectivity index (χ3v) is 5.43. The normalized spacial score (nSPS) is 10.6. The quantitative estimate of drug-likeness (QED) is 0.400. The molecule has 0 fully saturated rings. The van der Waals surface area contributed by atoms with Crippen LogP contribution in [0.2, 0.25) is 0 Å².